The number of Topliss-reactive ketones (excluding diaryl/α,β-unsaturated/α-hetero) is 1. The van der Waals surface area contributed by atoms with Gasteiger partial charge in [-0.05, 0) is 64.0 Å². The summed E-state index contributed by atoms with van der Waals surface area (Å²) in [5, 5.41) is 0. The zero-order valence-corrected chi connectivity index (χ0v) is 16.1. The second kappa shape index (κ2) is 8.24. The summed E-state index contributed by atoms with van der Waals surface area (Å²) in [5.74, 6) is 0.691. The zero-order chi connectivity index (χ0) is 17.9. The van der Waals surface area contributed by atoms with Gasteiger partial charge in [-0.1, -0.05) is 6.07 Å². The molecular weight excluding hydrogens is 300 g/mol. The number of ether oxygens (including phenoxy) is 1. The number of carbonyl (C=O) groups is 1. The molecule has 1 aliphatic heterocycles. The maximum Gasteiger partial charge on any atom is 0.160 e. The summed E-state index contributed by atoms with van der Waals surface area (Å²) < 4.78 is 5.80. The van der Waals surface area contributed by atoms with Crippen LogP contribution in [0.3, 0.4) is 0 Å². The van der Waals surface area contributed by atoms with E-state index in [1.165, 1.54) is 11.1 Å². The Labute approximate surface area is 146 Å². The largest absolute Gasteiger partial charge is 0.380 e. The van der Waals surface area contributed by atoms with Gasteiger partial charge in [0.15, 0.2) is 5.78 Å². The Morgan fingerprint density at radius 2 is 2.00 bits per heavy atom. The van der Waals surface area contributed by atoms with Crippen molar-refractivity contribution >= 4 is 5.78 Å². The van der Waals surface area contributed by atoms with E-state index >= 15 is 0 Å². The quantitative estimate of drug-likeness (QED) is 0.776. The van der Waals surface area contributed by atoms with E-state index in [2.05, 4.69) is 43.8 Å². The molecular formula is C20H32N2O2. The molecule has 1 atom stereocenters. The molecule has 0 unspecified atom stereocenters. The second-order valence-electron chi connectivity index (χ2n) is 7.48. The predicted octanol–water partition coefficient (Wildman–Crippen LogP) is 2.82. The smallest absolute Gasteiger partial charge is 0.160 e. The maximum atomic E-state index is 12.0. The highest BCUT2D eigenvalue weighted by atomic mass is 16.5. The molecule has 4 nitrogen and oxygen atoms in total. The highest BCUT2D eigenvalue weighted by Crippen LogP contribution is 2.25. The summed E-state index contributed by atoms with van der Waals surface area (Å²) in [6, 6.07) is 2.16. The van der Waals surface area contributed by atoms with E-state index in [1.54, 1.807) is 6.92 Å². The van der Waals surface area contributed by atoms with Crippen molar-refractivity contribution in [2.45, 2.75) is 34.2 Å². The van der Waals surface area contributed by atoms with E-state index < -0.39 is 0 Å². The molecule has 1 aliphatic rings. The summed E-state index contributed by atoms with van der Waals surface area (Å²) in [5.41, 5.74) is 5.72. The molecule has 0 aromatic heterocycles. The summed E-state index contributed by atoms with van der Waals surface area (Å²) in [7, 11) is 4.23. The SMILES string of the molecule is CC(=O)c1c(C)cc(C)c(CN2CCOC[C@@H](CN(C)C)C2)c1C. The molecule has 1 fully saturated rings. The standard InChI is InChI=1S/C20H32N2O2/c1-14-9-15(2)20(17(4)23)16(3)19(14)12-22-7-8-24-13-18(11-22)10-21(5)6/h9,18H,7-8,10-13H2,1-6H3/t18-/m0/s1. The number of hydrogen-bond donors (Lipinski definition) is 0. The van der Waals surface area contributed by atoms with Gasteiger partial charge in [-0.25, -0.2) is 0 Å². The van der Waals surface area contributed by atoms with Gasteiger partial charge in [-0.15, -0.1) is 0 Å². The first-order chi connectivity index (χ1) is 11.3. The van der Waals surface area contributed by atoms with Crippen LogP contribution >= 0.6 is 0 Å². The molecule has 1 saturated heterocycles. The van der Waals surface area contributed by atoms with Gasteiger partial charge in [0.25, 0.3) is 0 Å². The minimum Gasteiger partial charge on any atom is -0.380 e. The number of aryl methyl sites for hydroxylation is 2. The Morgan fingerprint density at radius 1 is 1.29 bits per heavy atom. The number of rotatable bonds is 5. The lowest BCUT2D eigenvalue weighted by Crippen LogP contribution is -2.34. The molecule has 0 saturated carbocycles. The van der Waals surface area contributed by atoms with E-state index in [0.717, 1.165) is 56.1 Å². The van der Waals surface area contributed by atoms with Crippen LogP contribution in [-0.4, -0.2) is 62.5 Å². The average Bonchev–Trinajstić information content (AvgIpc) is 2.67. The molecule has 0 bridgehead atoms. The lowest BCUT2D eigenvalue weighted by molar-refractivity contribution is 0.101. The van der Waals surface area contributed by atoms with E-state index in [9.17, 15) is 4.79 Å². The number of nitrogens with zero attached hydrogens (tertiary/aromatic N) is 2. The third-order valence-electron chi connectivity index (χ3n) is 4.91. The Morgan fingerprint density at radius 3 is 2.62 bits per heavy atom. The van der Waals surface area contributed by atoms with Gasteiger partial charge in [-0.3, -0.25) is 9.69 Å². The normalized spacial score (nSPS) is 19.5. The molecule has 0 aliphatic carbocycles. The molecule has 0 N–H and O–H groups in total. The Hall–Kier alpha value is -1.23. The predicted molar refractivity (Wildman–Crippen MR) is 98.8 cm³/mol. The lowest BCUT2D eigenvalue weighted by Gasteiger charge is -2.27. The molecule has 4 heteroatoms. The number of ketones is 1. The van der Waals surface area contributed by atoms with Crippen LogP contribution in [0.1, 0.15) is 39.5 Å². The molecule has 0 amide bonds. The first-order valence-electron chi connectivity index (χ1n) is 8.85. The highest BCUT2D eigenvalue weighted by Gasteiger charge is 2.22. The fraction of sp³-hybridized carbons (Fsp3) is 0.650. The van der Waals surface area contributed by atoms with Crippen LogP contribution in [0.4, 0.5) is 0 Å². The Bertz CT molecular complexity index is 596. The molecule has 1 aromatic carbocycles. The molecule has 1 heterocycles. The number of benzene rings is 1. The Kier molecular flexibility index (Phi) is 6.55. The van der Waals surface area contributed by atoms with Gasteiger partial charge in [0.2, 0.25) is 0 Å². The van der Waals surface area contributed by atoms with Crippen LogP contribution in [0.2, 0.25) is 0 Å². The van der Waals surface area contributed by atoms with Crippen LogP contribution in [0.15, 0.2) is 6.07 Å². The van der Waals surface area contributed by atoms with Crippen LogP contribution in [-0.2, 0) is 11.3 Å². The number of hydrogen-bond acceptors (Lipinski definition) is 4. The van der Waals surface area contributed by atoms with Crippen molar-refractivity contribution in [1.82, 2.24) is 9.80 Å². The summed E-state index contributed by atoms with van der Waals surface area (Å²) in [4.78, 5) is 16.7. The van der Waals surface area contributed by atoms with Crippen LogP contribution in [0, 0.1) is 26.7 Å². The maximum absolute atomic E-state index is 12.0. The molecule has 1 aromatic rings. The second-order valence-corrected chi connectivity index (χ2v) is 7.48. The first-order valence-corrected chi connectivity index (χ1v) is 8.85. The van der Waals surface area contributed by atoms with E-state index in [4.69, 9.17) is 4.74 Å². The van der Waals surface area contributed by atoms with Crippen molar-refractivity contribution in [1.29, 1.82) is 0 Å². The summed E-state index contributed by atoms with van der Waals surface area (Å²) >= 11 is 0. The van der Waals surface area contributed by atoms with Crippen LogP contribution in [0.5, 0.6) is 0 Å². The molecule has 0 spiro atoms. The minimum atomic E-state index is 0.163. The van der Waals surface area contributed by atoms with Crippen molar-refractivity contribution in [3.8, 4) is 0 Å². The van der Waals surface area contributed by atoms with Crippen molar-refractivity contribution in [3.63, 3.8) is 0 Å². The van der Waals surface area contributed by atoms with Gasteiger partial charge in [0.1, 0.15) is 0 Å². The summed E-state index contributed by atoms with van der Waals surface area (Å²) in [6.45, 7) is 13.5. The van der Waals surface area contributed by atoms with E-state index in [0.29, 0.717) is 5.92 Å². The van der Waals surface area contributed by atoms with Crippen LogP contribution in [0.25, 0.3) is 0 Å². The molecule has 134 valence electrons. The van der Waals surface area contributed by atoms with Gasteiger partial charge >= 0.3 is 0 Å². The van der Waals surface area contributed by atoms with E-state index in [-0.39, 0.29) is 5.78 Å². The van der Waals surface area contributed by atoms with Crippen molar-refractivity contribution in [3.05, 3.63) is 33.9 Å². The third kappa shape index (κ3) is 4.65. The molecule has 2 rings (SSSR count). The fourth-order valence-corrected chi connectivity index (χ4v) is 3.96. The van der Waals surface area contributed by atoms with Gasteiger partial charge in [0, 0.05) is 37.7 Å². The Balaban J connectivity index is 2.23. The zero-order valence-electron chi connectivity index (χ0n) is 16.1. The number of carbonyl (C=O) groups excluding carboxylic acids is 1. The topological polar surface area (TPSA) is 32.8 Å². The average molecular weight is 332 g/mol. The summed E-state index contributed by atoms with van der Waals surface area (Å²) in [6.07, 6.45) is 0. The first kappa shape index (κ1) is 19.1. The highest BCUT2D eigenvalue weighted by molar-refractivity contribution is 5.97. The van der Waals surface area contributed by atoms with Crippen molar-refractivity contribution in [2.24, 2.45) is 5.92 Å². The fourth-order valence-electron chi connectivity index (χ4n) is 3.96. The lowest BCUT2D eigenvalue weighted by atomic mass is 9.91. The van der Waals surface area contributed by atoms with Gasteiger partial charge < -0.3 is 9.64 Å². The molecule has 0 radical (unpaired) electrons. The van der Waals surface area contributed by atoms with Crippen LogP contribution < -0.4 is 0 Å². The van der Waals surface area contributed by atoms with E-state index in [1.807, 2.05) is 6.92 Å². The molecule has 24 heavy (non-hydrogen) atoms. The van der Waals surface area contributed by atoms with Gasteiger partial charge in [0.05, 0.1) is 13.2 Å². The third-order valence-corrected chi connectivity index (χ3v) is 4.91. The van der Waals surface area contributed by atoms with Crippen molar-refractivity contribution < 1.29 is 9.53 Å². The minimum absolute atomic E-state index is 0.163. The van der Waals surface area contributed by atoms with Crippen molar-refractivity contribution in [2.75, 3.05) is 46.9 Å². The monoisotopic (exact) mass is 332 g/mol. The van der Waals surface area contributed by atoms with Gasteiger partial charge in [-0.2, -0.15) is 0 Å².